The topological polar surface area (TPSA) is 115 Å². The van der Waals surface area contributed by atoms with Crippen molar-refractivity contribution in [3.8, 4) is 0 Å². The van der Waals surface area contributed by atoms with Crippen molar-refractivity contribution in [2.45, 2.75) is 26.1 Å². The van der Waals surface area contributed by atoms with Crippen LogP contribution >= 0.6 is 0 Å². The predicted molar refractivity (Wildman–Crippen MR) is 58.8 cm³/mol. The van der Waals surface area contributed by atoms with Crippen LogP contribution in [0.5, 0.6) is 0 Å². The molecule has 16 heavy (non-hydrogen) atoms. The van der Waals surface area contributed by atoms with Crippen molar-refractivity contribution in [3.63, 3.8) is 0 Å². The Hall–Kier alpha value is -1.66. The van der Waals surface area contributed by atoms with Gasteiger partial charge in [0, 0.05) is 12.2 Å². The molecule has 0 rings (SSSR count). The molecule has 0 aromatic heterocycles. The molecule has 6 nitrogen and oxygen atoms in total. The van der Waals surface area contributed by atoms with Crippen LogP contribution in [0.25, 0.3) is 0 Å². The van der Waals surface area contributed by atoms with Gasteiger partial charge in [-0.25, -0.2) is 9.59 Å². The van der Waals surface area contributed by atoms with Crippen LogP contribution in [0.15, 0.2) is 25.3 Å². The van der Waals surface area contributed by atoms with E-state index < -0.39 is 17.7 Å². The molecule has 0 spiro atoms. The van der Waals surface area contributed by atoms with Gasteiger partial charge in [-0.05, 0) is 13.3 Å². The SMILES string of the molecule is C=CC(=O)O.C=CC(=O)O.CCC(C)(O)O. The highest BCUT2D eigenvalue weighted by molar-refractivity contribution is 5.79. The Labute approximate surface area is 94.2 Å². The first-order valence-electron chi connectivity index (χ1n) is 4.26. The van der Waals surface area contributed by atoms with Crippen LogP contribution in [-0.2, 0) is 9.59 Å². The number of carbonyl (C=O) groups is 2. The van der Waals surface area contributed by atoms with Gasteiger partial charge in [-0.2, -0.15) is 0 Å². The largest absolute Gasteiger partial charge is 0.478 e. The van der Waals surface area contributed by atoms with E-state index in [9.17, 15) is 9.59 Å². The van der Waals surface area contributed by atoms with Gasteiger partial charge in [-0.15, -0.1) is 0 Å². The number of rotatable bonds is 3. The molecule has 0 atom stereocenters. The first-order valence-corrected chi connectivity index (χ1v) is 4.26. The molecule has 0 amide bonds. The van der Waals surface area contributed by atoms with Gasteiger partial charge in [0.05, 0.1) is 0 Å². The lowest BCUT2D eigenvalue weighted by molar-refractivity contribution is -0.145. The van der Waals surface area contributed by atoms with E-state index in [1.807, 2.05) is 0 Å². The minimum absolute atomic E-state index is 0.382. The average Bonchev–Trinajstić information content (AvgIpc) is 2.18. The number of carboxylic acid groups (broad SMARTS) is 2. The summed E-state index contributed by atoms with van der Waals surface area (Å²) in [5, 5.41) is 32.0. The maximum atomic E-state index is 9.25. The second kappa shape index (κ2) is 11.4. The Balaban J connectivity index is -0.000000160. The molecule has 0 aliphatic carbocycles. The van der Waals surface area contributed by atoms with E-state index in [0.29, 0.717) is 6.42 Å². The first-order chi connectivity index (χ1) is 7.10. The number of hydrogen-bond donors (Lipinski definition) is 4. The lowest BCUT2D eigenvalue weighted by Gasteiger charge is -2.10. The van der Waals surface area contributed by atoms with Gasteiger partial charge in [0.15, 0.2) is 5.79 Å². The van der Waals surface area contributed by atoms with Crippen molar-refractivity contribution in [2.75, 3.05) is 0 Å². The molecule has 0 unspecified atom stereocenters. The second-order valence-corrected chi connectivity index (χ2v) is 2.66. The molecule has 0 heterocycles. The smallest absolute Gasteiger partial charge is 0.327 e. The molecular formula is C10H18O6. The van der Waals surface area contributed by atoms with E-state index in [1.165, 1.54) is 6.92 Å². The molecule has 0 fully saturated rings. The van der Waals surface area contributed by atoms with Crippen LogP contribution in [0.3, 0.4) is 0 Å². The third kappa shape index (κ3) is 55.6. The molecule has 6 heteroatoms. The number of hydrogen-bond acceptors (Lipinski definition) is 4. The summed E-state index contributed by atoms with van der Waals surface area (Å²) in [5.41, 5.74) is 0. The van der Waals surface area contributed by atoms with E-state index >= 15 is 0 Å². The molecule has 0 aromatic carbocycles. The fourth-order valence-electron chi connectivity index (χ4n) is 0. The molecule has 4 N–H and O–H groups in total. The van der Waals surface area contributed by atoms with Crippen molar-refractivity contribution in [3.05, 3.63) is 25.3 Å². The molecule has 0 aromatic rings. The van der Waals surface area contributed by atoms with Gasteiger partial charge in [0.1, 0.15) is 0 Å². The van der Waals surface area contributed by atoms with Crippen LogP contribution in [0, 0.1) is 0 Å². The fraction of sp³-hybridized carbons (Fsp3) is 0.400. The van der Waals surface area contributed by atoms with E-state index in [0.717, 1.165) is 12.2 Å². The Morgan fingerprint density at radius 3 is 1.25 bits per heavy atom. The zero-order valence-corrected chi connectivity index (χ0v) is 9.38. The molecule has 0 aliphatic rings. The van der Waals surface area contributed by atoms with Crippen LogP contribution in [0.2, 0.25) is 0 Å². The summed E-state index contributed by atoms with van der Waals surface area (Å²) in [7, 11) is 0. The third-order valence-electron chi connectivity index (χ3n) is 1.02. The minimum Gasteiger partial charge on any atom is -0.478 e. The van der Waals surface area contributed by atoms with Crippen molar-refractivity contribution in [2.24, 2.45) is 0 Å². The third-order valence-corrected chi connectivity index (χ3v) is 1.02. The standard InChI is InChI=1S/C4H10O2.2C3H4O2/c1-3-4(2,5)6;2*1-2-3(4)5/h5-6H,3H2,1-2H3;2*2H,1H2,(H,4,5). The summed E-state index contributed by atoms with van der Waals surface area (Å²) >= 11 is 0. The highest BCUT2D eigenvalue weighted by atomic mass is 16.5. The maximum Gasteiger partial charge on any atom is 0.327 e. The van der Waals surface area contributed by atoms with Gasteiger partial charge in [0.25, 0.3) is 0 Å². The monoisotopic (exact) mass is 234 g/mol. The van der Waals surface area contributed by atoms with Crippen LogP contribution < -0.4 is 0 Å². The Morgan fingerprint density at radius 1 is 1.12 bits per heavy atom. The van der Waals surface area contributed by atoms with E-state index in [-0.39, 0.29) is 0 Å². The summed E-state index contributed by atoms with van der Waals surface area (Å²) in [6.45, 7) is 8.98. The van der Waals surface area contributed by atoms with Gasteiger partial charge >= 0.3 is 11.9 Å². The van der Waals surface area contributed by atoms with E-state index in [4.69, 9.17) is 20.4 Å². The first kappa shape index (κ1) is 19.8. The molecule has 94 valence electrons. The van der Waals surface area contributed by atoms with Crippen molar-refractivity contribution >= 4 is 11.9 Å². The average molecular weight is 234 g/mol. The molecular weight excluding hydrogens is 216 g/mol. The lowest BCUT2D eigenvalue weighted by atomic mass is 10.3. The number of carboxylic acids is 2. The van der Waals surface area contributed by atoms with Gasteiger partial charge in [0.2, 0.25) is 0 Å². The number of aliphatic hydroxyl groups is 2. The Bertz CT molecular complexity index is 208. The molecule has 0 saturated carbocycles. The summed E-state index contributed by atoms with van der Waals surface area (Å²) in [5.74, 6) is -3.42. The molecule has 0 bridgehead atoms. The normalized spacial score (nSPS) is 8.50. The van der Waals surface area contributed by atoms with E-state index in [1.54, 1.807) is 6.92 Å². The summed E-state index contributed by atoms with van der Waals surface area (Å²) in [4.78, 5) is 18.5. The zero-order valence-electron chi connectivity index (χ0n) is 9.38. The Kier molecular flexibility index (Phi) is 14.2. The van der Waals surface area contributed by atoms with Gasteiger partial charge < -0.3 is 20.4 Å². The fourth-order valence-corrected chi connectivity index (χ4v) is 0. The quantitative estimate of drug-likeness (QED) is 0.420. The van der Waals surface area contributed by atoms with E-state index in [2.05, 4.69) is 13.2 Å². The van der Waals surface area contributed by atoms with Crippen molar-refractivity contribution in [1.82, 2.24) is 0 Å². The molecule has 0 saturated heterocycles. The van der Waals surface area contributed by atoms with Crippen LogP contribution in [0.4, 0.5) is 0 Å². The lowest BCUT2D eigenvalue weighted by Crippen LogP contribution is -2.20. The highest BCUT2D eigenvalue weighted by Crippen LogP contribution is 1.99. The van der Waals surface area contributed by atoms with Gasteiger partial charge in [-0.3, -0.25) is 0 Å². The molecule has 0 radical (unpaired) electrons. The predicted octanol–water partition coefficient (Wildman–Crippen LogP) is 0.611. The van der Waals surface area contributed by atoms with Gasteiger partial charge in [-0.1, -0.05) is 20.1 Å². The summed E-state index contributed by atoms with van der Waals surface area (Å²) in [6.07, 6.45) is 2.05. The summed E-state index contributed by atoms with van der Waals surface area (Å²) in [6, 6.07) is 0. The summed E-state index contributed by atoms with van der Waals surface area (Å²) < 4.78 is 0. The Morgan fingerprint density at radius 2 is 1.25 bits per heavy atom. The number of aliphatic carboxylic acids is 2. The second-order valence-electron chi connectivity index (χ2n) is 2.66. The van der Waals surface area contributed by atoms with Crippen LogP contribution in [0.1, 0.15) is 20.3 Å². The highest BCUT2D eigenvalue weighted by Gasteiger charge is 2.08. The van der Waals surface area contributed by atoms with Crippen LogP contribution in [-0.4, -0.2) is 38.2 Å². The van der Waals surface area contributed by atoms with Crippen molar-refractivity contribution < 1.29 is 30.0 Å². The maximum absolute atomic E-state index is 9.25. The molecule has 0 aliphatic heterocycles. The minimum atomic E-state index is -1.46. The zero-order chi connectivity index (χ0) is 13.8. The van der Waals surface area contributed by atoms with Crippen molar-refractivity contribution in [1.29, 1.82) is 0 Å².